The normalized spacial score (nSPS) is 17.3. The Morgan fingerprint density at radius 3 is 2.65 bits per heavy atom. The van der Waals surface area contributed by atoms with Gasteiger partial charge in [0.05, 0.1) is 0 Å². The van der Waals surface area contributed by atoms with Crippen LogP contribution < -0.4 is 16.0 Å². The highest BCUT2D eigenvalue weighted by molar-refractivity contribution is 6.04. The second-order valence-corrected chi connectivity index (χ2v) is 4.29. The quantitative estimate of drug-likeness (QED) is 0.683. The number of alkyl carbamates (subject to hydrolysis) is 1. The highest BCUT2D eigenvalue weighted by Crippen LogP contribution is 2.01. The molecule has 2 rings (SSSR count). The van der Waals surface area contributed by atoms with Crippen molar-refractivity contribution in [3.8, 4) is 0 Å². The number of benzene rings is 1. The second kappa shape index (κ2) is 6.55. The maximum atomic E-state index is 11.4. The van der Waals surface area contributed by atoms with E-state index >= 15 is 0 Å². The second-order valence-electron chi connectivity index (χ2n) is 4.29. The molecule has 3 N–H and O–H groups in total. The molecule has 0 aliphatic carbocycles. The lowest BCUT2D eigenvalue weighted by atomic mass is 10.2. The largest absolute Gasteiger partial charge is 0.445 e. The highest BCUT2D eigenvalue weighted by atomic mass is 16.5. The molecule has 1 aliphatic rings. The minimum Gasteiger partial charge on any atom is -0.445 e. The molecule has 0 saturated carbocycles. The summed E-state index contributed by atoms with van der Waals surface area (Å²) in [7, 11) is 0. The van der Waals surface area contributed by atoms with Crippen molar-refractivity contribution in [3.05, 3.63) is 35.9 Å². The molecule has 1 atom stereocenters. The molecule has 20 heavy (non-hydrogen) atoms. The van der Waals surface area contributed by atoms with Crippen LogP contribution in [-0.2, 0) is 16.1 Å². The third kappa shape index (κ3) is 3.98. The molecule has 1 aromatic rings. The fourth-order valence-electron chi connectivity index (χ4n) is 1.75. The van der Waals surface area contributed by atoms with Crippen LogP contribution in [0.25, 0.3) is 0 Å². The smallest absolute Gasteiger partial charge is 0.407 e. The lowest BCUT2D eigenvalue weighted by Gasteiger charge is -2.09. The molecule has 1 saturated heterocycles. The number of imide groups is 1. The third-order valence-electron chi connectivity index (χ3n) is 2.77. The molecule has 1 aromatic carbocycles. The Labute approximate surface area is 115 Å². The molecule has 0 bridgehead atoms. The molecule has 7 heteroatoms. The predicted octanol–water partition coefficient (Wildman–Crippen LogP) is 0.511. The van der Waals surface area contributed by atoms with Crippen LogP contribution in [0.15, 0.2) is 30.3 Å². The van der Waals surface area contributed by atoms with Crippen molar-refractivity contribution in [1.29, 1.82) is 0 Å². The molecule has 1 unspecified atom stereocenters. The Hall–Kier alpha value is -2.57. The summed E-state index contributed by atoms with van der Waals surface area (Å²) >= 11 is 0. The zero-order chi connectivity index (χ0) is 14.4. The molecule has 7 nitrogen and oxygen atoms in total. The first-order valence-corrected chi connectivity index (χ1v) is 6.21. The number of hydrogen-bond donors (Lipinski definition) is 3. The van der Waals surface area contributed by atoms with E-state index in [4.69, 9.17) is 4.74 Å². The van der Waals surface area contributed by atoms with Crippen molar-refractivity contribution >= 4 is 18.0 Å². The van der Waals surface area contributed by atoms with Gasteiger partial charge in [0.1, 0.15) is 12.6 Å². The number of carbonyl (C=O) groups excluding carboxylic acids is 3. The lowest BCUT2D eigenvalue weighted by Crippen LogP contribution is -2.34. The average molecular weight is 277 g/mol. The monoisotopic (exact) mass is 277 g/mol. The van der Waals surface area contributed by atoms with Gasteiger partial charge in [-0.25, -0.2) is 9.59 Å². The minimum absolute atomic E-state index is 0.188. The number of rotatable bonds is 5. The topological polar surface area (TPSA) is 96.5 Å². The van der Waals surface area contributed by atoms with Crippen LogP contribution in [0.2, 0.25) is 0 Å². The van der Waals surface area contributed by atoms with E-state index in [1.54, 1.807) is 0 Å². The molecule has 106 valence electrons. The molecule has 1 fully saturated rings. The molecule has 1 aliphatic heterocycles. The third-order valence-corrected chi connectivity index (χ3v) is 2.77. The summed E-state index contributed by atoms with van der Waals surface area (Å²) in [5.41, 5.74) is 0.894. The van der Waals surface area contributed by atoms with Gasteiger partial charge < -0.3 is 15.4 Å². The van der Waals surface area contributed by atoms with Crippen LogP contribution in [-0.4, -0.2) is 30.6 Å². The SMILES string of the molecule is O=C1NC(=O)C(CCNC(=O)OCc2ccccc2)N1. The molecular weight excluding hydrogens is 262 g/mol. The van der Waals surface area contributed by atoms with Gasteiger partial charge in [-0.15, -0.1) is 0 Å². The Morgan fingerprint density at radius 2 is 2.00 bits per heavy atom. The van der Waals surface area contributed by atoms with Gasteiger partial charge in [-0.2, -0.15) is 0 Å². The van der Waals surface area contributed by atoms with Gasteiger partial charge in [0.2, 0.25) is 0 Å². The first-order valence-electron chi connectivity index (χ1n) is 6.21. The van der Waals surface area contributed by atoms with Crippen molar-refractivity contribution in [2.75, 3.05) is 6.54 Å². The first-order chi connectivity index (χ1) is 9.65. The summed E-state index contributed by atoms with van der Waals surface area (Å²) in [6, 6.07) is 8.20. The number of nitrogens with one attached hydrogen (secondary N) is 3. The number of urea groups is 1. The molecule has 0 aromatic heterocycles. The predicted molar refractivity (Wildman–Crippen MR) is 69.7 cm³/mol. The Morgan fingerprint density at radius 1 is 1.25 bits per heavy atom. The Kier molecular flexibility index (Phi) is 4.54. The van der Waals surface area contributed by atoms with Gasteiger partial charge >= 0.3 is 12.1 Å². The zero-order valence-corrected chi connectivity index (χ0v) is 10.7. The maximum Gasteiger partial charge on any atom is 0.407 e. The fraction of sp³-hybridized carbons (Fsp3) is 0.308. The highest BCUT2D eigenvalue weighted by Gasteiger charge is 2.28. The molecule has 0 radical (unpaired) electrons. The number of amides is 4. The summed E-state index contributed by atoms with van der Waals surface area (Å²) in [6.45, 7) is 0.430. The number of carbonyl (C=O) groups is 3. The summed E-state index contributed by atoms with van der Waals surface area (Å²) in [5.74, 6) is -0.380. The van der Waals surface area contributed by atoms with Crippen molar-refractivity contribution in [1.82, 2.24) is 16.0 Å². The van der Waals surface area contributed by atoms with Crippen LogP contribution in [0.1, 0.15) is 12.0 Å². The Balaban J connectivity index is 1.63. The van der Waals surface area contributed by atoms with Gasteiger partial charge in [0.15, 0.2) is 0 Å². The van der Waals surface area contributed by atoms with Gasteiger partial charge in [0, 0.05) is 6.54 Å². The van der Waals surface area contributed by atoms with E-state index in [1.165, 1.54) is 0 Å². The molecular formula is C13H15N3O4. The average Bonchev–Trinajstić information content (AvgIpc) is 2.76. The van der Waals surface area contributed by atoms with Crippen LogP contribution in [0, 0.1) is 0 Å². The van der Waals surface area contributed by atoms with E-state index in [2.05, 4.69) is 16.0 Å². The standard InChI is InChI=1S/C13H15N3O4/c17-11-10(15-12(18)16-11)6-7-14-13(19)20-8-9-4-2-1-3-5-9/h1-5,10H,6-8H2,(H,14,19)(H2,15,16,17,18). The molecule has 4 amide bonds. The minimum atomic E-state index is -0.600. The van der Waals surface area contributed by atoms with E-state index in [9.17, 15) is 14.4 Å². The van der Waals surface area contributed by atoms with E-state index in [0.29, 0.717) is 6.42 Å². The van der Waals surface area contributed by atoms with Gasteiger partial charge in [-0.05, 0) is 12.0 Å². The zero-order valence-electron chi connectivity index (χ0n) is 10.7. The molecule has 1 heterocycles. The van der Waals surface area contributed by atoms with E-state index in [1.807, 2.05) is 30.3 Å². The van der Waals surface area contributed by atoms with Crippen molar-refractivity contribution in [2.45, 2.75) is 19.1 Å². The first kappa shape index (κ1) is 13.9. The van der Waals surface area contributed by atoms with E-state index < -0.39 is 18.2 Å². The Bertz CT molecular complexity index is 504. The lowest BCUT2D eigenvalue weighted by molar-refractivity contribution is -0.120. The van der Waals surface area contributed by atoms with Crippen molar-refractivity contribution in [3.63, 3.8) is 0 Å². The van der Waals surface area contributed by atoms with Crippen molar-refractivity contribution in [2.24, 2.45) is 0 Å². The van der Waals surface area contributed by atoms with E-state index in [0.717, 1.165) is 5.56 Å². The summed E-state index contributed by atoms with van der Waals surface area (Å²) in [6.07, 6.45) is -0.239. The van der Waals surface area contributed by atoms with Gasteiger partial charge in [-0.3, -0.25) is 10.1 Å². The molecule has 0 spiro atoms. The van der Waals surface area contributed by atoms with Crippen LogP contribution in [0.3, 0.4) is 0 Å². The van der Waals surface area contributed by atoms with Crippen LogP contribution in [0.4, 0.5) is 9.59 Å². The summed E-state index contributed by atoms with van der Waals surface area (Å²) in [4.78, 5) is 33.5. The maximum absolute atomic E-state index is 11.4. The van der Waals surface area contributed by atoms with E-state index in [-0.39, 0.29) is 19.1 Å². The summed E-state index contributed by atoms with van der Waals surface area (Å²) < 4.78 is 5.00. The summed E-state index contributed by atoms with van der Waals surface area (Å²) in [5, 5.41) is 7.08. The van der Waals surface area contributed by atoms with Gasteiger partial charge in [0.25, 0.3) is 5.91 Å². The van der Waals surface area contributed by atoms with Gasteiger partial charge in [-0.1, -0.05) is 30.3 Å². The van der Waals surface area contributed by atoms with Crippen LogP contribution in [0.5, 0.6) is 0 Å². The van der Waals surface area contributed by atoms with Crippen molar-refractivity contribution < 1.29 is 19.1 Å². The number of ether oxygens (including phenoxy) is 1. The fourth-order valence-corrected chi connectivity index (χ4v) is 1.75. The number of hydrogen-bond acceptors (Lipinski definition) is 4. The van der Waals surface area contributed by atoms with Crippen LogP contribution >= 0.6 is 0 Å².